The van der Waals surface area contributed by atoms with Crippen LogP contribution in [0.1, 0.15) is 35.4 Å². The molecule has 1 N–H and O–H groups in total. The van der Waals surface area contributed by atoms with Crippen LogP contribution in [0, 0.1) is 0 Å². The number of nitrogens with zero attached hydrogens (tertiary/aromatic N) is 3. The number of carbonyl (C=O) groups excluding carboxylic acids is 1. The molecule has 4 rings (SSSR count). The molecule has 3 aromatic rings. The van der Waals surface area contributed by atoms with E-state index in [9.17, 15) is 4.79 Å². The average Bonchev–Trinajstić information content (AvgIpc) is 3.25. The van der Waals surface area contributed by atoms with Gasteiger partial charge in [0.05, 0.1) is 25.5 Å². The number of ether oxygens (including phenoxy) is 2. The van der Waals surface area contributed by atoms with Gasteiger partial charge in [-0.15, -0.1) is 11.3 Å². The lowest BCUT2D eigenvalue weighted by Gasteiger charge is -2.16. The van der Waals surface area contributed by atoms with Gasteiger partial charge in [0.15, 0.2) is 11.5 Å². The largest absolute Gasteiger partial charge is 0.490 e. The van der Waals surface area contributed by atoms with Gasteiger partial charge in [-0.1, -0.05) is 6.07 Å². The second-order valence-electron chi connectivity index (χ2n) is 6.39. The molecule has 8 heteroatoms. The zero-order valence-electron chi connectivity index (χ0n) is 15.1. The maximum absolute atomic E-state index is 12.6. The second-order valence-corrected chi connectivity index (χ2v) is 7.25. The molecule has 1 atom stereocenters. The zero-order valence-corrected chi connectivity index (χ0v) is 16.0. The molecule has 2 aromatic heterocycles. The van der Waals surface area contributed by atoms with Gasteiger partial charge in [-0.05, 0) is 24.6 Å². The molecule has 27 heavy (non-hydrogen) atoms. The quantitative estimate of drug-likeness (QED) is 0.747. The van der Waals surface area contributed by atoms with Crippen molar-refractivity contribution >= 4 is 17.2 Å². The molecular formula is C19H20N4O3S. The Balaban J connectivity index is 1.46. The monoisotopic (exact) mass is 384 g/mol. The fraction of sp³-hybridized carbons (Fsp3) is 0.316. The van der Waals surface area contributed by atoms with Crippen LogP contribution in [0.25, 0.3) is 10.6 Å². The number of fused-ring (bicyclic) bond motifs is 1. The number of thiazole rings is 1. The van der Waals surface area contributed by atoms with Crippen LogP contribution in [0.3, 0.4) is 0 Å². The van der Waals surface area contributed by atoms with E-state index in [4.69, 9.17) is 9.47 Å². The van der Waals surface area contributed by atoms with Gasteiger partial charge in [-0.25, -0.2) is 4.98 Å². The summed E-state index contributed by atoms with van der Waals surface area (Å²) in [4.78, 5) is 17.0. The van der Waals surface area contributed by atoms with E-state index in [1.54, 1.807) is 16.3 Å². The highest BCUT2D eigenvalue weighted by atomic mass is 32.1. The smallest absolute Gasteiger partial charge is 0.271 e. The van der Waals surface area contributed by atoms with E-state index in [2.05, 4.69) is 15.4 Å². The first-order chi connectivity index (χ1) is 13.1. The van der Waals surface area contributed by atoms with Gasteiger partial charge < -0.3 is 14.8 Å². The molecule has 0 saturated heterocycles. The summed E-state index contributed by atoms with van der Waals surface area (Å²) in [6.45, 7) is 3.22. The van der Waals surface area contributed by atoms with Crippen molar-refractivity contribution in [2.45, 2.75) is 19.4 Å². The van der Waals surface area contributed by atoms with Crippen molar-refractivity contribution in [3.05, 3.63) is 47.2 Å². The highest BCUT2D eigenvalue weighted by Gasteiger charge is 2.18. The third-order valence-electron chi connectivity index (χ3n) is 4.31. The van der Waals surface area contributed by atoms with E-state index in [0.29, 0.717) is 18.9 Å². The number of rotatable bonds is 4. The number of amides is 1. The maximum Gasteiger partial charge on any atom is 0.271 e. The van der Waals surface area contributed by atoms with Crippen LogP contribution in [0.5, 0.6) is 11.5 Å². The standard InChI is InChI=1S/C19H20N4O3S/c1-12(13-4-5-16-17(8-13)26-7-3-6-25-16)21-18(24)15-11-27-19(22-15)14-9-20-23(2)10-14/h4-5,8-12H,3,6-7H2,1-2H3,(H,21,24)/t12-/m0/s1. The third kappa shape index (κ3) is 3.80. The van der Waals surface area contributed by atoms with Crippen LogP contribution in [-0.4, -0.2) is 33.9 Å². The second kappa shape index (κ2) is 7.40. The highest BCUT2D eigenvalue weighted by molar-refractivity contribution is 7.13. The van der Waals surface area contributed by atoms with Gasteiger partial charge in [-0.3, -0.25) is 9.48 Å². The molecule has 1 aliphatic rings. The fourth-order valence-corrected chi connectivity index (χ4v) is 3.62. The number of carbonyl (C=O) groups is 1. The topological polar surface area (TPSA) is 78.3 Å². The number of nitrogens with one attached hydrogen (secondary N) is 1. The minimum atomic E-state index is -0.207. The molecular weight excluding hydrogens is 364 g/mol. The lowest BCUT2D eigenvalue weighted by molar-refractivity contribution is 0.0935. The molecule has 3 heterocycles. The van der Waals surface area contributed by atoms with Crippen LogP contribution in [-0.2, 0) is 7.05 Å². The van der Waals surface area contributed by atoms with Crippen molar-refractivity contribution in [2.75, 3.05) is 13.2 Å². The maximum atomic E-state index is 12.6. The van der Waals surface area contributed by atoms with Gasteiger partial charge >= 0.3 is 0 Å². The lowest BCUT2D eigenvalue weighted by atomic mass is 10.1. The molecule has 0 aliphatic carbocycles. The third-order valence-corrected chi connectivity index (χ3v) is 5.20. The summed E-state index contributed by atoms with van der Waals surface area (Å²) in [6.07, 6.45) is 4.47. The fourth-order valence-electron chi connectivity index (χ4n) is 2.85. The number of benzene rings is 1. The molecule has 0 bridgehead atoms. The predicted octanol–water partition coefficient (Wildman–Crippen LogP) is 3.20. The number of aryl methyl sites for hydroxylation is 1. The van der Waals surface area contributed by atoms with Crippen LogP contribution in [0.15, 0.2) is 36.0 Å². The Kier molecular flexibility index (Phi) is 4.81. The molecule has 1 aliphatic heterocycles. The Morgan fingerprint density at radius 1 is 1.30 bits per heavy atom. The van der Waals surface area contributed by atoms with Crippen molar-refractivity contribution in [1.82, 2.24) is 20.1 Å². The van der Waals surface area contributed by atoms with E-state index < -0.39 is 0 Å². The van der Waals surface area contributed by atoms with E-state index in [0.717, 1.165) is 34.1 Å². The molecule has 0 fully saturated rings. The molecule has 1 amide bonds. The lowest BCUT2D eigenvalue weighted by Crippen LogP contribution is -2.26. The first kappa shape index (κ1) is 17.5. The van der Waals surface area contributed by atoms with Gasteiger partial charge in [0, 0.05) is 30.6 Å². The van der Waals surface area contributed by atoms with Crippen molar-refractivity contribution in [3.8, 4) is 22.1 Å². The SMILES string of the molecule is C[C@H](NC(=O)c1csc(-c2cnn(C)c2)n1)c1ccc2c(c1)OCCCO2. The summed E-state index contributed by atoms with van der Waals surface area (Å²) in [6, 6.07) is 5.58. The number of hydrogen-bond donors (Lipinski definition) is 1. The minimum Gasteiger partial charge on any atom is -0.490 e. The van der Waals surface area contributed by atoms with Crippen LogP contribution >= 0.6 is 11.3 Å². The molecule has 0 spiro atoms. The molecule has 0 radical (unpaired) electrons. The summed E-state index contributed by atoms with van der Waals surface area (Å²) in [5, 5.41) is 9.67. The Bertz CT molecular complexity index is 966. The summed E-state index contributed by atoms with van der Waals surface area (Å²) >= 11 is 1.43. The highest BCUT2D eigenvalue weighted by Crippen LogP contribution is 2.32. The van der Waals surface area contributed by atoms with Crippen molar-refractivity contribution in [2.24, 2.45) is 7.05 Å². The van der Waals surface area contributed by atoms with E-state index in [1.807, 2.05) is 38.4 Å². The summed E-state index contributed by atoms with van der Waals surface area (Å²) in [5.41, 5.74) is 2.26. The summed E-state index contributed by atoms with van der Waals surface area (Å²) < 4.78 is 13.1. The average molecular weight is 384 g/mol. The minimum absolute atomic E-state index is 0.182. The number of hydrogen-bond acceptors (Lipinski definition) is 6. The number of aromatic nitrogens is 3. The molecule has 7 nitrogen and oxygen atoms in total. The van der Waals surface area contributed by atoms with Gasteiger partial charge in [-0.2, -0.15) is 5.10 Å². The van der Waals surface area contributed by atoms with Gasteiger partial charge in [0.2, 0.25) is 0 Å². The molecule has 0 unspecified atom stereocenters. The first-order valence-corrected chi connectivity index (χ1v) is 9.63. The van der Waals surface area contributed by atoms with Crippen LogP contribution < -0.4 is 14.8 Å². The zero-order chi connectivity index (χ0) is 18.8. The molecule has 140 valence electrons. The Labute approximate surface area is 161 Å². The summed E-state index contributed by atoms with van der Waals surface area (Å²) in [7, 11) is 1.85. The van der Waals surface area contributed by atoms with Crippen LogP contribution in [0.4, 0.5) is 0 Å². The summed E-state index contributed by atoms with van der Waals surface area (Å²) in [5.74, 6) is 1.26. The Morgan fingerprint density at radius 3 is 2.89 bits per heavy atom. The first-order valence-electron chi connectivity index (χ1n) is 8.75. The van der Waals surface area contributed by atoms with Gasteiger partial charge in [0.1, 0.15) is 10.7 Å². The van der Waals surface area contributed by atoms with Gasteiger partial charge in [0.25, 0.3) is 5.91 Å². The van der Waals surface area contributed by atoms with E-state index in [1.165, 1.54) is 11.3 Å². The normalized spacial score (nSPS) is 14.4. The van der Waals surface area contributed by atoms with Crippen molar-refractivity contribution < 1.29 is 14.3 Å². The Morgan fingerprint density at radius 2 is 2.11 bits per heavy atom. The Hall–Kier alpha value is -2.87. The molecule has 0 saturated carbocycles. The van der Waals surface area contributed by atoms with Crippen LogP contribution in [0.2, 0.25) is 0 Å². The van der Waals surface area contributed by atoms with E-state index >= 15 is 0 Å². The van der Waals surface area contributed by atoms with E-state index in [-0.39, 0.29) is 11.9 Å². The predicted molar refractivity (Wildman–Crippen MR) is 102 cm³/mol. The van der Waals surface area contributed by atoms with Crippen molar-refractivity contribution in [1.29, 1.82) is 0 Å². The molecule has 1 aromatic carbocycles. The van der Waals surface area contributed by atoms with Crippen molar-refractivity contribution in [3.63, 3.8) is 0 Å².